The summed E-state index contributed by atoms with van der Waals surface area (Å²) in [6.45, 7) is 20.7. The molecule has 0 saturated heterocycles. The van der Waals surface area contributed by atoms with Crippen molar-refractivity contribution >= 4 is 76.3 Å². The molecular formula is C64H78Cl4FeN2O2P2Ru2. The molecule has 7 aromatic carbocycles. The maximum Gasteiger partial charge on any atom is 2.00 e. The largest absolute Gasteiger partial charge is 2.00 e. The van der Waals surface area contributed by atoms with Crippen molar-refractivity contribution in [2.75, 3.05) is 19.8 Å². The second kappa shape index (κ2) is 44.5. The second-order valence-corrected chi connectivity index (χ2v) is 27.3. The van der Waals surface area contributed by atoms with Crippen molar-refractivity contribution in [3.8, 4) is 0 Å². The summed E-state index contributed by atoms with van der Waals surface area (Å²) in [4.78, 5) is 0. The Balaban J connectivity index is 0.000000362. The fourth-order valence-electron chi connectivity index (χ4n) is 7.31. The SMILES string of the molecule is CC[C@H](COP(c1ccccc1)c1ccccc1)NC[C-]1[CH][CH]C=C1.CC[C@H](COP(c1ccccc1)c1ccccc1)NCc1ccc[cH-]1.Cc1ccc(C(C)C)cc1.Cc1ccc(C(C)C)cc1.[Cl][Ru][Cl].[Cl][Ru][Cl].[Fe+2]. The van der Waals surface area contributed by atoms with E-state index in [-0.39, 0.29) is 47.4 Å². The van der Waals surface area contributed by atoms with Crippen LogP contribution in [0.1, 0.15) is 94.0 Å². The minimum Gasteiger partial charge on any atom is 2.00 e. The molecule has 0 aromatic heterocycles. The molecular weight excluding hydrogens is 1290 g/mol. The molecule has 418 valence electrons. The van der Waals surface area contributed by atoms with Crippen molar-refractivity contribution in [3.05, 3.63) is 253 Å². The van der Waals surface area contributed by atoms with Gasteiger partial charge in [0.05, 0.1) is 29.5 Å². The van der Waals surface area contributed by atoms with Crippen LogP contribution < -0.4 is 31.9 Å². The van der Waals surface area contributed by atoms with E-state index in [9.17, 15) is 0 Å². The average Bonchev–Trinajstić information content (AvgIpc) is 4.19. The molecule has 7 aromatic rings. The number of rotatable bonds is 20. The average molecular weight is 1370 g/mol. The van der Waals surface area contributed by atoms with Gasteiger partial charge in [0.25, 0.3) is 0 Å². The van der Waals surface area contributed by atoms with E-state index in [2.05, 4.69) is 285 Å². The number of aryl methyl sites for hydroxylation is 2. The molecule has 0 bridgehead atoms. The maximum absolute atomic E-state index is 6.44. The molecule has 0 aliphatic heterocycles. The van der Waals surface area contributed by atoms with E-state index in [0.29, 0.717) is 37.1 Å². The smallest absolute Gasteiger partial charge is 2.00 e. The van der Waals surface area contributed by atoms with Crippen LogP contribution in [0.25, 0.3) is 0 Å². The molecule has 77 heavy (non-hydrogen) atoms. The molecule has 0 saturated carbocycles. The first kappa shape index (κ1) is 71.0. The summed E-state index contributed by atoms with van der Waals surface area (Å²) in [6, 6.07) is 68.8. The summed E-state index contributed by atoms with van der Waals surface area (Å²) in [6.07, 6.45) is 10.6. The minimum atomic E-state index is -0.785. The van der Waals surface area contributed by atoms with E-state index in [1.165, 1.54) is 55.0 Å². The van der Waals surface area contributed by atoms with Crippen LogP contribution in [-0.2, 0) is 63.0 Å². The van der Waals surface area contributed by atoms with Crippen LogP contribution >= 0.6 is 55.1 Å². The Hall–Kier alpha value is -2.09. The molecule has 1 aliphatic carbocycles. The third-order valence-corrected chi connectivity index (χ3v) is 15.8. The first-order valence-electron chi connectivity index (χ1n) is 25.7. The number of hydrogen-bond donors (Lipinski definition) is 2. The van der Waals surface area contributed by atoms with Gasteiger partial charge < -0.3 is 19.7 Å². The minimum absolute atomic E-state index is 0. The van der Waals surface area contributed by atoms with Crippen LogP contribution in [0.15, 0.2) is 206 Å². The first-order valence-corrected chi connectivity index (χ1v) is 37.2. The summed E-state index contributed by atoms with van der Waals surface area (Å²) in [7, 11) is 17.8. The topological polar surface area (TPSA) is 42.5 Å². The Labute approximate surface area is 509 Å². The second-order valence-electron chi connectivity index (χ2n) is 18.3. The van der Waals surface area contributed by atoms with Crippen LogP contribution in [-0.4, -0.2) is 31.8 Å². The predicted molar refractivity (Wildman–Crippen MR) is 330 cm³/mol. The van der Waals surface area contributed by atoms with Gasteiger partial charge in [-0.25, -0.2) is 30.2 Å². The van der Waals surface area contributed by atoms with Crippen molar-refractivity contribution in [2.24, 2.45) is 0 Å². The molecule has 0 heterocycles. The molecule has 1 aliphatic rings. The molecule has 0 unspecified atom stereocenters. The van der Waals surface area contributed by atoms with Gasteiger partial charge in [0.15, 0.2) is 0 Å². The van der Waals surface area contributed by atoms with Crippen molar-refractivity contribution in [1.82, 2.24) is 10.6 Å². The molecule has 2 N–H and O–H groups in total. The van der Waals surface area contributed by atoms with Gasteiger partial charge >= 0.3 is 86.1 Å². The summed E-state index contributed by atoms with van der Waals surface area (Å²) in [5.74, 6) is 2.63. The predicted octanol–water partition coefficient (Wildman–Crippen LogP) is 17.3. The van der Waals surface area contributed by atoms with Gasteiger partial charge in [0.2, 0.25) is 0 Å². The fourth-order valence-corrected chi connectivity index (χ4v) is 10.9. The van der Waals surface area contributed by atoms with E-state index >= 15 is 0 Å². The van der Waals surface area contributed by atoms with E-state index < -0.39 is 16.3 Å². The molecule has 2 atom stereocenters. The zero-order valence-corrected chi connectivity index (χ0v) is 55.0. The quantitative estimate of drug-likeness (QED) is 0.0453. The number of hydrogen-bond acceptors (Lipinski definition) is 4. The van der Waals surface area contributed by atoms with Gasteiger partial charge in [0.1, 0.15) is 0 Å². The van der Waals surface area contributed by atoms with Crippen molar-refractivity contribution < 1.29 is 56.4 Å². The monoisotopic (exact) mass is 1370 g/mol. The Morgan fingerprint density at radius 2 is 0.883 bits per heavy atom. The van der Waals surface area contributed by atoms with Gasteiger partial charge in [-0.3, -0.25) is 0 Å². The molecule has 0 spiro atoms. The van der Waals surface area contributed by atoms with Crippen LogP contribution in [0.3, 0.4) is 0 Å². The van der Waals surface area contributed by atoms with Crippen LogP contribution in [0.4, 0.5) is 0 Å². The van der Waals surface area contributed by atoms with Crippen molar-refractivity contribution in [2.45, 2.75) is 98.7 Å². The van der Waals surface area contributed by atoms with Crippen molar-refractivity contribution in [1.29, 1.82) is 0 Å². The Morgan fingerprint density at radius 3 is 1.18 bits per heavy atom. The van der Waals surface area contributed by atoms with Crippen LogP contribution in [0.2, 0.25) is 0 Å². The van der Waals surface area contributed by atoms with E-state index in [1.807, 2.05) is 0 Å². The molecule has 8 rings (SSSR count). The van der Waals surface area contributed by atoms with E-state index in [1.54, 1.807) is 0 Å². The van der Waals surface area contributed by atoms with Crippen molar-refractivity contribution in [3.63, 3.8) is 0 Å². The van der Waals surface area contributed by atoms with Crippen LogP contribution in [0.5, 0.6) is 0 Å². The van der Waals surface area contributed by atoms with E-state index in [0.717, 1.165) is 25.9 Å². The molecule has 0 amide bonds. The molecule has 2 radical (unpaired) electrons. The summed E-state index contributed by atoms with van der Waals surface area (Å²) in [5.41, 5.74) is 6.84. The first-order chi connectivity index (χ1) is 37.0. The Morgan fingerprint density at radius 1 is 0.519 bits per heavy atom. The Bertz CT molecular complexity index is 2340. The normalized spacial score (nSPS) is 12.2. The van der Waals surface area contributed by atoms with Gasteiger partial charge in [-0.15, -0.1) is 12.8 Å². The number of nitrogens with one attached hydrogen (secondary N) is 2. The summed E-state index contributed by atoms with van der Waals surface area (Å²) in [5, 5.41) is 12.3. The standard InChI is InChI=1S/2C22H25NOP.2C10H14.4ClH.Fe.2Ru/c2*1-2-20(23-17-19-11-9-10-12-19)18-24-25(21-13-5-3-6-14-21)22-15-7-4-8-16-22;2*1-8(2)10-6-4-9(3)5-7-10;;;;;;;/h2*3-16,20,23H,2,17-18H2,1H3;2*4-8H,1-3H3;4*1H;;;/q2*-1;;;;;;;3*+2/p-4/t2*20-;;;;;;;;;/m11........./s1. The fraction of sp³-hybridized carbons (Fsp3) is 0.281. The van der Waals surface area contributed by atoms with Crippen LogP contribution in [0, 0.1) is 32.6 Å². The third kappa shape index (κ3) is 30.5. The summed E-state index contributed by atoms with van der Waals surface area (Å²) >= 11 is -0.691. The molecule has 13 heteroatoms. The summed E-state index contributed by atoms with van der Waals surface area (Å²) < 4.78 is 12.9. The third-order valence-electron chi connectivity index (χ3n) is 11.9. The number of allylic oxidation sites excluding steroid dienone is 1. The maximum atomic E-state index is 6.44. The number of benzene rings is 6. The molecule has 0 fully saturated rings. The zero-order chi connectivity index (χ0) is 55.2. The zero-order valence-electron chi connectivity index (χ0n) is 45.6. The van der Waals surface area contributed by atoms with Gasteiger partial charge in [-0.2, -0.15) is 17.7 Å². The molecule has 4 nitrogen and oxygen atoms in total. The van der Waals surface area contributed by atoms with Gasteiger partial charge in [-0.1, -0.05) is 223 Å². The number of halogens is 4. The Kier molecular flexibility index (Phi) is 41.1. The van der Waals surface area contributed by atoms with E-state index in [4.69, 9.17) is 47.8 Å². The van der Waals surface area contributed by atoms with Gasteiger partial charge in [0, 0.05) is 33.3 Å². The van der Waals surface area contributed by atoms with Gasteiger partial charge in [-0.05, 0) is 62.7 Å².